The number of rotatable bonds is 5. The van der Waals surface area contributed by atoms with Crippen LogP contribution in [0.15, 0.2) is 30.5 Å². The number of hydrogen-bond acceptors (Lipinski definition) is 5. The second kappa shape index (κ2) is 6.64. The van der Waals surface area contributed by atoms with Gasteiger partial charge in [0.25, 0.3) is 11.6 Å². The molecule has 0 radical (unpaired) electrons. The smallest absolute Gasteiger partial charge is 0.270 e. The van der Waals surface area contributed by atoms with Crippen LogP contribution in [-0.4, -0.2) is 38.6 Å². The molecule has 2 atom stereocenters. The Kier molecular flexibility index (Phi) is 4.54. The molecule has 3 N–H and O–H groups in total. The molecule has 3 rings (SSSR count). The van der Waals surface area contributed by atoms with Gasteiger partial charge in [0.05, 0.1) is 17.7 Å². The topological polar surface area (TPSA) is 121 Å². The maximum absolute atomic E-state index is 12.5. The zero-order valence-electron chi connectivity index (χ0n) is 13.9. The molecule has 1 saturated carbocycles. The van der Waals surface area contributed by atoms with Gasteiger partial charge in [-0.15, -0.1) is 0 Å². The summed E-state index contributed by atoms with van der Waals surface area (Å²) in [5.74, 6) is 0.0981. The molecule has 8 nitrogen and oxygen atoms in total. The summed E-state index contributed by atoms with van der Waals surface area (Å²) in [5, 5.41) is 23.4. The minimum Gasteiger partial charge on any atom is -0.396 e. The highest BCUT2D eigenvalue weighted by molar-refractivity contribution is 5.93. The summed E-state index contributed by atoms with van der Waals surface area (Å²) >= 11 is 0. The minimum absolute atomic E-state index is 0.0276. The largest absolute Gasteiger partial charge is 0.396 e. The van der Waals surface area contributed by atoms with E-state index in [4.69, 9.17) is 0 Å². The minimum atomic E-state index is -0.476. The van der Waals surface area contributed by atoms with Crippen molar-refractivity contribution in [3.8, 4) is 11.4 Å². The average molecular weight is 344 g/mol. The summed E-state index contributed by atoms with van der Waals surface area (Å²) in [6, 6.07) is 5.97. The van der Waals surface area contributed by atoms with E-state index in [0.717, 1.165) is 19.3 Å². The predicted molar refractivity (Wildman–Crippen MR) is 91.0 cm³/mol. The van der Waals surface area contributed by atoms with Crippen molar-refractivity contribution in [2.45, 2.75) is 32.2 Å². The van der Waals surface area contributed by atoms with E-state index in [1.165, 1.54) is 18.3 Å². The lowest BCUT2D eigenvalue weighted by atomic mass is 9.86. The third-order valence-corrected chi connectivity index (χ3v) is 4.90. The summed E-state index contributed by atoms with van der Waals surface area (Å²) in [7, 11) is 0. The van der Waals surface area contributed by atoms with Gasteiger partial charge in [-0.3, -0.25) is 14.9 Å². The second-order valence-corrected chi connectivity index (χ2v) is 6.68. The van der Waals surface area contributed by atoms with Crippen molar-refractivity contribution in [3.63, 3.8) is 0 Å². The van der Waals surface area contributed by atoms with Crippen molar-refractivity contribution in [3.05, 3.63) is 46.3 Å². The molecule has 1 aliphatic rings. The highest BCUT2D eigenvalue weighted by atomic mass is 16.6. The molecule has 0 spiro atoms. The van der Waals surface area contributed by atoms with E-state index >= 15 is 0 Å². The molecule has 1 fully saturated rings. The third kappa shape index (κ3) is 3.39. The van der Waals surface area contributed by atoms with Gasteiger partial charge >= 0.3 is 0 Å². The van der Waals surface area contributed by atoms with Crippen molar-refractivity contribution in [1.29, 1.82) is 0 Å². The number of aliphatic hydroxyl groups excluding tert-OH is 1. The molecular formula is C17H20N4O4. The fraction of sp³-hybridized carbons (Fsp3) is 0.412. The summed E-state index contributed by atoms with van der Waals surface area (Å²) in [6.07, 6.45) is 4.07. The van der Waals surface area contributed by atoms with Crippen molar-refractivity contribution >= 4 is 11.6 Å². The molecule has 1 aromatic carbocycles. The summed E-state index contributed by atoms with van der Waals surface area (Å²) in [5.41, 5.74) is 0.478. The Morgan fingerprint density at radius 3 is 3.08 bits per heavy atom. The number of aromatic amines is 1. The molecule has 1 aliphatic carbocycles. The summed E-state index contributed by atoms with van der Waals surface area (Å²) < 4.78 is 0. The number of benzene rings is 1. The number of nitro benzene ring substituents is 1. The van der Waals surface area contributed by atoms with Crippen molar-refractivity contribution < 1.29 is 14.8 Å². The zero-order valence-corrected chi connectivity index (χ0v) is 13.9. The van der Waals surface area contributed by atoms with Gasteiger partial charge in [0, 0.05) is 29.2 Å². The highest BCUT2D eigenvalue weighted by Crippen LogP contribution is 2.37. The van der Waals surface area contributed by atoms with Crippen LogP contribution in [0.25, 0.3) is 11.4 Å². The molecule has 0 unspecified atom stereocenters. The first-order chi connectivity index (χ1) is 11.9. The zero-order chi connectivity index (χ0) is 18.0. The number of nitrogens with zero attached hydrogens (tertiary/aromatic N) is 2. The molecule has 0 aliphatic heterocycles. The van der Waals surface area contributed by atoms with E-state index in [2.05, 4.69) is 15.3 Å². The first kappa shape index (κ1) is 17.1. The standard InChI is InChI=1S/C17H20N4O4/c1-17(10-22)7-3-6-14(17)20-16(23)13-9-18-15(19-13)11-4-2-5-12(8-11)21(24)25/h2,4-5,8-9,14,22H,3,6-7,10H2,1H3,(H,18,19)(H,20,23)/t14-,17-/m0/s1. The Bertz CT molecular complexity index is 803. The number of amides is 1. The number of non-ortho nitro benzene ring substituents is 1. The monoisotopic (exact) mass is 344 g/mol. The third-order valence-electron chi connectivity index (χ3n) is 4.90. The van der Waals surface area contributed by atoms with Gasteiger partial charge in [-0.2, -0.15) is 0 Å². The quantitative estimate of drug-likeness (QED) is 0.567. The maximum atomic E-state index is 12.5. The molecule has 1 heterocycles. The van der Waals surface area contributed by atoms with Crippen LogP contribution in [-0.2, 0) is 0 Å². The molecule has 1 aromatic heterocycles. The van der Waals surface area contributed by atoms with E-state index in [-0.39, 0.29) is 35.4 Å². The molecule has 0 saturated heterocycles. The van der Waals surface area contributed by atoms with E-state index in [9.17, 15) is 20.0 Å². The summed E-state index contributed by atoms with van der Waals surface area (Å²) in [6.45, 7) is 1.99. The number of aliphatic hydroxyl groups is 1. The second-order valence-electron chi connectivity index (χ2n) is 6.68. The van der Waals surface area contributed by atoms with Crippen molar-refractivity contribution in [2.24, 2.45) is 5.41 Å². The van der Waals surface area contributed by atoms with Crippen LogP contribution >= 0.6 is 0 Å². The Hall–Kier alpha value is -2.74. The molecule has 132 valence electrons. The van der Waals surface area contributed by atoms with Crippen LogP contribution in [0.2, 0.25) is 0 Å². The van der Waals surface area contributed by atoms with E-state index in [1.807, 2.05) is 6.92 Å². The lowest BCUT2D eigenvalue weighted by Gasteiger charge is -2.29. The maximum Gasteiger partial charge on any atom is 0.270 e. The lowest BCUT2D eigenvalue weighted by molar-refractivity contribution is -0.384. The van der Waals surface area contributed by atoms with Gasteiger partial charge in [0.2, 0.25) is 0 Å². The molecule has 0 bridgehead atoms. The summed E-state index contributed by atoms with van der Waals surface area (Å²) in [4.78, 5) is 29.9. The van der Waals surface area contributed by atoms with Crippen LogP contribution in [0.3, 0.4) is 0 Å². The fourth-order valence-corrected chi connectivity index (χ4v) is 3.25. The van der Waals surface area contributed by atoms with Gasteiger partial charge in [0.15, 0.2) is 0 Å². The molecule has 25 heavy (non-hydrogen) atoms. The first-order valence-corrected chi connectivity index (χ1v) is 8.14. The number of hydrogen-bond donors (Lipinski definition) is 3. The van der Waals surface area contributed by atoms with Crippen LogP contribution in [0.1, 0.15) is 36.7 Å². The molecule has 2 aromatic rings. The predicted octanol–water partition coefficient (Wildman–Crippen LogP) is 2.27. The van der Waals surface area contributed by atoms with Gasteiger partial charge in [-0.1, -0.05) is 25.5 Å². The Morgan fingerprint density at radius 2 is 2.36 bits per heavy atom. The normalized spacial score (nSPS) is 22.7. The van der Waals surface area contributed by atoms with Gasteiger partial charge in [-0.25, -0.2) is 4.98 Å². The SMILES string of the molecule is C[C@@]1(CO)CCC[C@@H]1NC(=O)c1cnc(-c2cccc([N+](=O)[O-])c2)[nH]1. The van der Waals surface area contributed by atoms with Crippen LogP contribution in [0.4, 0.5) is 5.69 Å². The number of nitrogens with one attached hydrogen (secondary N) is 2. The lowest BCUT2D eigenvalue weighted by Crippen LogP contribution is -2.44. The van der Waals surface area contributed by atoms with Crippen LogP contribution < -0.4 is 5.32 Å². The number of carbonyl (C=O) groups is 1. The Balaban J connectivity index is 1.76. The number of H-pyrrole nitrogens is 1. The van der Waals surface area contributed by atoms with Crippen LogP contribution in [0.5, 0.6) is 0 Å². The number of nitro groups is 1. The van der Waals surface area contributed by atoms with E-state index < -0.39 is 4.92 Å². The highest BCUT2D eigenvalue weighted by Gasteiger charge is 2.39. The van der Waals surface area contributed by atoms with Gasteiger partial charge in [0.1, 0.15) is 11.5 Å². The number of imidazole rings is 1. The molecule has 8 heteroatoms. The van der Waals surface area contributed by atoms with E-state index in [0.29, 0.717) is 11.4 Å². The van der Waals surface area contributed by atoms with Crippen molar-refractivity contribution in [2.75, 3.05) is 6.61 Å². The first-order valence-electron chi connectivity index (χ1n) is 8.14. The average Bonchev–Trinajstić information content (AvgIpc) is 3.23. The number of aromatic nitrogens is 2. The van der Waals surface area contributed by atoms with Gasteiger partial charge < -0.3 is 15.4 Å². The van der Waals surface area contributed by atoms with Gasteiger partial charge in [-0.05, 0) is 12.8 Å². The van der Waals surface area contributed by atoms with Crippen molar-refractivity contribution in [1.82, 2.24) is 15.3 Å². The van der Waals surface area contributed by atoms with Crippen LogP contribution in [0, 0.1) is 15.5 Å². The van der Waals surface area contributed by atoms with E-state index in [1.54, 1.807) is 12.1 Å². The fourth-order valence-electron chi connectivity index (χ4n) is 3.25. The molecular weight excluding hydrogens is 324 g/mol. The number of carbonyl (C=O) groups excluding carboxylic acids is 1. The Morgan fingerprint density at radius 1 is 1.56 bits per heavy atom. The molecule has 1 amide bonds. The Labute approximate surface area is 144 Å².